The normalized spacial score (nSPS) is 14.9. The van der Waals surface area contributed by atoms with Crippen LogP contribution in [-0.2, 0) is 15.3 Å². The Hall–Kier alpha value is -1.90. The number of rotatable bonds is 7. The predicted octanol–water partition coefficient (Wildman–Crippen LogP) is 2.90. The van der Waals surface area contributed by atoms with Crippen molar-refractivity contribution >= 4 is 40.6 Å². The van der Waals surface area contributed by atoms with Crippen LogP contribution in [0.2, 0.25) is 0 Å². The molecule has 144 valence electrons. The highest BCUT2D eigenvalue weighted by Gasteiger charge is 2.22. The second-order valence-corrected chi connectivity index (χ2v) is 8.31. The zero-order chi connectivity index (χ0) is 19.1. The first-order chi connectivity index (χ1) is 13.1. The molecule has 2 amide bonds. The maximum Gasteiger partial charge on any atom is 0.238 e. The largest absolute Gasteiger partial charge is 0.339 e. The summed E-state index contributed by atoms with van der Waals surface area (Å²) in [4.78, 5) is 29.6. The van der Waals surface area contributed by atoms with Crippen molar-refractivity contribution in [2.24, 2.45) is 0 Å². The first-order valence-corrected chi connectivity index (χ1v) is 10.8. The summed E-state index contributed by atoms with van der Waals surface area (Å²) < 4.78 is 13.2. The van der Waals surface area contributed by atoms with E-state index in [0.29, 0.717) is 37.6 Å². The monoisotopic (exact) mass is 407 g/mol. The number of hydrogen-bond acceptors (Lipinski definition) is 5. The van der Waals surface area contributed by atoms with Gasteiger partial charge in [0.05, 0.1) is 12.3 Å². The molecule has 2 heterocycles. The maximum atomic E-state index is 13.2. The summed E-state index contributed by atoms with van der Waals surface area (Å²) in [7, 11) is 0. The Kier molecular flexibility index (Phi) is 7.25. The van der Waals surface area contributed by atoms with Gasteiger partial charge in [-0.15, -0.1) is 23.1 Å². The van der Waals surface area contributed by atoms with Crippen LogP contribution in [0.4, 0.5) is 10.1 Å². The molecule has 0 aliphatic carbocycles. The van der Waals surface area contributed by atoms with Crippen molar-refractivity contribution < 1.29 is 14.0 Å². The molecule has 0 bridgehead atoms. The van der Waals surface area contributed by atoms with Gasteiger partial charge in [0.25, 0.3) is 0 Å². The third-order valence-electron chi connectivity index (χ3n) is 4.25. The lowest BCUT2D eigenvalue weighted by atomic mass is 10.3. The molecule has 1 aliphatic heterocycles. The first kappa shape index (κ1) is 19.9. The van der Waals surface area contributed by atoms with E-state index < -0.39 is 0 Å². The molecule has 1 aromatic carbocycles. The van der Waals surface area contributed by atoms with Crippen LogP contribution in [0.3, 0.4) is 0 Å². The van der Waals surface area contributed by atoms with Gasteiger partial charge in [-0.2, -0.15) is 0 Å². The fourth-order valence-electron chi connectivity index (χ4n) is 2.85. The Balaban J connectivity index is 1.35. The molecule has 8 heteroatoms. The Morgan fingerprint density at radius 3 is 2.67 bits per heavy atom. The number of amides is 2. The number of thioether (sulfide) groups is 1. The van der Waals surface area contributed by atoms with Crippen LogP contribution in [-0.4, -0.2) is 60.1 Å². The van der Waals surface area contributed by atoms with Gasteiger partial charge in [-0.05, 0) is 29.6 Å². The van der Waals surface area contributed by atoms with E-state index in [9.17, 15) is 14.0 Å². The van der Waals surface area contributed by atoms with Crippen molar-refractivity contribution in [1.82, 2.24) is 9.80 Å². The number of piperazine rings is 1. The molecule has 1 saturated heterocycles. The number of halogens is 1. The average molecular weight is 408 g/mol. The lowest BCUT2D eigenvalue weighted by molar-refractivity contribution is -0.130. The standard InChI is InChI=1S/C19H22FN3O2S2/c20-15-3-1-4-16(11-15)21-18(24)12-22-6-8-23(9-7-22)19(25)14-26-13-17-5-2-10-27-17/h1-5,10-11H,6-9,12-14H2,(H,21,24). The summed E-state index contributed by atoms with van der Waals surface area (Å²) in [6.45, 7) is 2.83. The topological polar surface area (TPSA) is 52.7 Å². The van der Waals surface area contributed by atoms with Gasteiger partial charge in [0.2, 0.25) is 11.8 Å². The molecular weight excluding hydrogens is 385 g/mol. The van der Waals surface area contributed by atoms with Crippen LogP contribution >= 0.6 is 23.1 Å². The second-order valence-electron chi connectivity index (χ2n) is 6.29. The molecule has 3 rings (SSSR count). The van der Waals surface area contributed by atoms with E-state index >= 15 is 0 Å². The maximum absolute atomic E-state index is 13.2. The molecule has 0 spiro atoms. The summed E-state index contributed by atoms with van der Waals surface area (Å²) in [5, 5.41) is 4.74. The van der Waals surface area contributed by atoms with Crippen LogP contribution in [0.5, 0.6) is 0 Å². The Morgan fingerprint density at radius 2 is 1.96 bits per heavy atom. The van der Waals surface area contributed by atoms with Crippen molar-refractivity contribution in [3.05, 3.63) is 52.5 Å². The van der Waals surface area contributed by atoms with Crippen molar-refractivity contribution in [3.63, 3.8) is 0 Å². The summed E-state index contributed by atoms with van der Waals surface area (Å²) in [5.74, 6) is 0.950. The minimum atomic E-state index is -0.378. The number of anilines is 1. The SMILES string of the molecule is O=C(CN1CCN(C(=O)CSCc2cccs2)CC1)Nc1cccc(F)c1. The van der Waals surface area contributed by atoms with Crippen LogP contribution in [0.25, 0.3) is 0 Å². The molecule has 2 aromatic rings. The summed E-state index contributed by atoms with van der Waals surface area (Å²) >= 11 is 3.34. The van der Waals surface area contributed by atoms with Gasteiger partial charge in [0.15, 0.2) is 0 Å². The third-order valence-corrected chi connectivity index (χ3v) is 6.28. The predicted molar refractivity (Wildman–Crippen MR) is 109 cm³/mol. The van der Waals surface area contributed by atoms with Gasteiger partial charge in [0.1, 0.15) is 5.82 Å². The minimum Gasteiger partial charge on any atom is -0.339 e. The highest BCUT2D eigenvalue weighted by atomic mass is 32.2. The molecule has 5 nitrogen and oxygen atoms in total. The Labute approximate surface area is 166 Å². The molecular formula is C19H22FN3O2S2. The van der Waals surface area contributed by atoms with Gasteiger partial charge in [-0.3, -0.25) is 14.5 Å². The number of benzene rings is 1. The quantitative estimate of drug-likeness (QED) is 0.767. The summed E-state index contributed by atoms with van der Waals surface area (Å²) in [6, 6.07) is 9.95. The van der Waals surface area contributed by atoms with Crippen LogP contribution < -0.4 is 5.32 Å². The van der Waals surface area contributed by atoms with Gasteiger partial charge in [-0.25, -0.2) is 4.39 Å². The van der Waals surface area contributed by atoms with E-state index in [4.69, 9.17) is 0 Å². The fraction of sp³-hybridized carbons (Fsp3) is 0.368. The second kappa shape index (κ2) is 9.87. The van der Waals surface area contributed by atoms with Crippen LogP contribution in [0.15, 0.2) is 41.8 Å². The van der Waals surface area contributed by atoms with Gasteiger partial charge in [0, 0.05) is 42.5 Å². The third kappa shape index (κ3) is 6.34. The molecule has 27 heavy (non-hydrogen) atoms. The van der Waals surface area contributed by atoms with Crippen molar-refractivity contribution in [2.45, 2.75) is 5.75 Å². The van der Waals surface area contributed by atoms with E-state index in [-0.39, 0.29) is 24.2 Å². The summed E-state index contributed by atoms with van der Waals surface area (Å²) in [6.07, 6.45) is 0. The molecule has 0 radical (unpaired) electrons. The van der Waals surface area contributed by atoms with Gasteiger partial charge >= 0.3 is 0 Å². The zero-order valence-corrected chi connectivity index (χ0v) is 16.5. The van der Waals surface area contributed by atoms with Gasteiger partial charge in [-0.1, -0.05) is 12.1 Å². The highest BCUT2D eigenvalue weighted by Crippen LogP contribution is 2.17. The van der Waals surface area contributed by atoms with Crippen LogP contribution in [0, 0.1) is 5.82 Å². The number of carbonyl (C=O) groups is 2. The van der Waals surface area contributed by atoms with Crippen LogP contribution in [0.1, 0.15) is 4.88 Å². The fourth-order valence-corrected chi connectivity index (χ4v) is 4.62. The smallest absolute Gasteiger partial charge is 0.238 e. The van der Waals surface area contributed by atoms with E-state index in [1.54, 1.807) is 35.2 Å². The molecule has 0 saturated carbocycles. The number of nitrogens with one attached hydrogen (secondary N) is 1. The number of thiophene rings is 1. The van der Waals surface area contributed by atoms with Crippen molar-refractivity contribution in [2.75, 3.05) is 43.8 Å². The van der Waals surface area contributed by atoms with E-state index in [1.807, 2.05) is 21.2 Å². The molecule has 1 aromatic heterocycles. The molecule has 0 unspecified atom stereocenters. The molecule has 1 aliphatic rings. The first-order valence-electron chi connectivity index (χ1n) is 8.76. The molecule has 1 N–H and O–H groups in total. The van der Waals surface area contributed by atoms with Crippen molar-refractivity contribution in [1.29, 1.82) is 0 Å². The van der Waals surface area contributed by atoms with E-state index in [2.05, 4.69) is 11.4 Å². The lowest BCUT2D eigenvalue weighted by Crippen LogP contribution is -2.50. The number of nitrogens with zero attached hydrogens (tertiary/aromatic N) is 2. The Morgan fingerprint density at radius 1 is 1.15 bits per heavy atom. The highest BCUT2D eigenvalue weighted by molar-refractivity contribution is 7.99. The van der Waals surface area contributed by atoms with E-state index in [0.717, 1.165) is 5.75 Å². The Bertz CT molecular complexity index is 762. The summed E-state index contributed by atoms with van der Waals surface area (Å²) in [5.41, 5.74) is 0.455. The van der Waals surface area contributed by atoms with Gasteiger partial charge < -0.3 is 10.2 Å². The lowest BCUT2D eigenvalue weighted by Gasteiger charge is -2.34. The number of hydrogen-bond donors (Lipinski definition) is 1. The molecule has 0 atom stereocenters. The number of carbonyl (C=O) groups excluding carboxylic acids is 2. The van der Waals surface area contributed by atoms with E-state index in [1.165, 1.54) is 17.0 Å². The molecule has 1 fully saturated rings. The van der Waals surface area contributed by atoms with Crippen molar-refractivity contribution in [3.8, 4) is 0 Å². The zero-order valence-electron chi connectivity index (χ0n) is 14.9. The average Bonchev–Trinajstić information content (AvgIpc) is 3.15. The minimum absolute atomic E-state index is 0.153.